The zero-order valence-electron chi connectivity index (χ0n) is 19.4. The Labute approximate surface area is 203 Å². The van der Waals surface area contributed by atoms with Crippen LogP contribution in [0.15, 0.2) is 102 Å². The van der Waals surface area contributed by atoms with Crippen LogP contribution in [0.5, 0.6) is 0 Å². The number of hydrogen-bond acceptors (Lipinski definition) is 3. The third-order valence-electron chi connectivity index (χ3n) is 7.94. The van der Waals surface area contributed by atoms with Crippen molar-refractivity contribution < 1.29 is 9.21 Å². The molecule has 0 radical (unpaired) electrons. The Morgan fingerprint density at radius 3 is 2.23 bits per heavy atom. The SMILES string of the molecule is CC1(C(=O)Nc2nc(-c3cccc4ccccc34)co2)CC2c3ccccc3C1c1ccccc12. The fourth-order valence-corrected chi connectivity index (χ4v) is 6.33. The number of amides is 1. The van der Waals surface area contributed by atoms with Crippen LogP contribution in [-0.2, 0) is 4.79 Å². The predicted octanol–water partition coefficient (Wildman–Crippen LogP) is 7.12. The van der Waals surface area contributed by atoms with Gasteiger partial charge in [0.25, 0.3) is 0 Å². The van der Waals surface area contributed by atoms with Gasteiger partial charge in [-0.1, -0.05) is 91.0 Å². The molecule has 0 saturated carbocycles. The van der Waals surface area contributed by atoms with Gasteiger partial charge < -0.3 is 4.42 Å². The molecule has 1 heterocycles. The van der Waals surface area contributed by atoms with Gasteiger partial charge in [-0.05, 0) is 46.4 Å². The van der Waals surface area contributed by atoms with Crippen molar-refractivity contribution in [1.29, 1.82) is 0 Å². The maximum atomic E-state index is 13.8. The molecule has 2 bridgehead atoms. The van der Waals surface area contributed by atoms with Gasteiger partial charge in [0.1, 0.15) is 12.0 Å². The van der Waals surface area contributed by atoms with Crippen LogP contribution in [0.2, 0.25) is 0 Å². The van der Waals surface area contributed by atoms with E-state index in [1.807, 2.05) is 24.3 Å². The van der Waals surface area contributed by atoms with Crippen molar-refractivity contribution in [2.45, 2.75) is 25.2 Å². The highest BCUT2D eigenvalue weighted by molar-refractivity contribution is 5.97. The van der Waals surface area contributed by atoms with Gasteiger partial charge in [0, 0.05) is 17.4 Å². The van der Waals surface area contributed by atoms with Gasteiger partial charge in [-0.15, -0.1) is 0 Å². The summed E-state index contributed by atoms with van der Waals surface area (Å²) in [7, 11) is 0. The lowest BCUT2D eigenvalue weighted by molar-refractivity contribution is -0.126. The molecule has 3 aliphatic carbocycles. The van der Waals surface area contributed by atoms with E-state index in [0.717, 1.165) is 22.8 Å². The number of aromatic nitrogens is 1. The lowest BCUT2D eigenvalue weighted by Gasteiger charge is -2.50. The van der Waals surface area contributed by atoms with Gasteiger partial charge in [0.2, 0.25) is 5.91 Å². The highest BCUT2D eigenvalue weighted by Crippen LogP contribution is 2.61. The minimum atomic E-state index is -0.610. The maximum Gasteiger partial charge on any atom is 0.301 e. The fraction of sp³-hybridized carbons (Fsp3) is 0.161. The topological polar surface area (TPSA) is 55.1 Å². The number of fused-ring (bicyclic) bond motifs is 2. The quantitative estimate of drug-likeness (QED) is 0.314. The summed E-state index contributed by atoms with van der Waals surface area (Å²) in [5.41, 5.74) is 6.28. The summed E-state index contributed by atoms with van der Waals surface area (Å²) in [5.74, 6) is 0.147. The molecule has 35 heavy (non-hydrogen) atoms. The van der Waals surface area contributed by atoms with Crippen LogP contribution in [0, 0.1) is 5.41 Å². The number of hydrogen-bond donors (Lipinski definition) is 1. The molecule has 0 aliphatic heterocycles. The molecule has 4 nitrogen and oxygen atoms in total. The summed E-state index contributed by atoms with van der Waals surface area (Å²) in [5, 5.41) is 5.26. The summed E-state index contributed by atoms with van der Waals surface area (Å²) in [6, 6.07) is 31.7. The van der Waals surface area contributed by atoms with E-state index < -0.39 is 5.41 Å². The normalized spacial score (nSPS) is 22.0. The van der Waals surface area contributed by atoms with Crippen LogP contribution in [0.4, 0.5) is 6.01 Å². The number of carbonyl (C=O) groups excluding carboxylic acids is 1. The van der Waals surface area contributed by atoms with E-state index in [9.17, 15) is 4.79 Å². The van der Waals surface area contributed by atoms with E-state index in [1.54, 1.807) is 6.26 Å². The zero-order valence-corrected chi connectivity index (χ0v) is 19.4. The van der Waals surface area contributed by atoms with Crippen molar-refractivity contribution >= 4 is 22.7 Å². The average Bonchev–Trinajstić information content (AvgIpc) is 3.36. The van der Waals surface area contributed by atoms with Gasteiger partial charge >= 0.3 is 6.01 Å². The van der Waals surface area contributed by atoms with Gasteiger partial charge in [0.05, 0.1) is 5.41 Å². The number of nitrogens with one attached hydrogen (secondary N) is 1. The molecule has 0 spiro atoms. The highest BCUT2D eigenvalue weighted by atomic mass is 16.4. The second kappa shape index (κ2) is 7.41. The number of anilines is 1. The molecule has 8 rings (SSSR count). The van der Waals surface area contributed by atoms with Crippen LogP contribution in [-0.4, -0.2) is 10.9 Å². The fourth-order valence-electron chi connectivity index (χ4n) is 6.33. The summed E-state index contributed by atoms with van der Waals surface area (Å²) in [4.78, 5) is 18.5. The molecule has 1 atom stereocenters. The molecule has 4 aromatic carbocycles. The van der Waals surface area contributed by atoms with Crippen molar-refractivity contribution in [3.05, 3.63) is 120 Å². The Hall–Kier alpha value is -4.18. The first-order valence-electron chi connectivity index (χ1n) is 12.1. The first-order chi connectivity index (χ1) is 17.1. The summed E-state index contributed by atoms with van der Waals surface area (Å²) < 4.78 is 5.75. The standard InChI is InChI=1S/C31H24N2O2/c1-31(17-26-21-12-4-6-14-24(21)28(31)25-15-7-5-13-22(25)26)29(34)33-30-32-27(18-35-30)23-16-8-10-19-9-2-3-11-20(19)23/h2-16,18,26,28H,17H2,1H3,(H,32,33,34). The average molecular weight is 457 g/mol. The molecule has 1 amide bonds. The summed E-state index contributed by atoms with van der Waals surface area (Å²) in [6.45, 7) is 2.08. The minimum Gasteiger partial charge on any atom is -0.431 e. The van der Waals surface area contributed by atoms with Gasteiger partial charge in [0.15, 0.2) is 0 Å². The highest BCUT2D eigenvalue weighted by Gasteiger charge is 2.54. The van der Waals surface area contributed by atoms with Crippen LogP contribution >= 0.6 is 0 Å². The number of oxazole rings is 1. The Kier molecular flexibility index (Phi) is 4.28. The molecule has 4 heteroatoms. The predicted molar refractivity (Wildman–Crippen MR) is 137 cm³/mol. The second-order valence-electron chi connectivity index (χ2n) is 9.88. The first kappa shape index (κ1) is 20.2. The van der Waals surface area contributed by atoms with Crippen LogP contribution < -0.4 is 5.32 Å². The molecule has 0 fully saturated rings. The third-order valence-corrected chi connectivity index (χ3v) is 7.94. The zero-order chi connectivity index (χ0) is 23.6. The van der Waals surface area contributed by atoms with E-state index in [2.05, 4.69) is 84.0 Å². The van der Waals surface area contributed by atoms with E-state index in [1.165, 1.54) is 22.3 Å². The summed E-state index contributed by atoms with van der Waals surface area (Å²) >= 11 is 0. The molecule has 1 aromatic heterocycles. The van der Waals surface area contributed by atoms with Gasteiger partial charge in [-0.3, -0.25) is 10.1 Å². The smallest absolute Gasteiger partial charge is 0.301 e. The van der Waals surface area contributed by atoms with Crippen molar-refractivity contribution in [3.63, 3.8) is 0 Å². The molecule has 170 valence electrons. The lowest BCUT2D eigenvalue weighted by Crippen LogP contribution is -2.47. The van der Waals surface area contributed by atoms with Crippen LogP contribution in [0.3, 0.4) is 0 Å². The van der Waals surface area contributed by atoms with E-state index in [4.69, 9.17) is 4.42 Å². The van der Waals surface area contributed by atoms with Crippen molar-refractivity contribution in [2.24, 2.45) is 5.41 Å². The van der Waals surface area contributed by atoms with Crippen molar-refractivity contribution in [1.82, 2.24) is 4.98 Å². The first-order valence-corrected chi connectivity index (χ1v) is 12.1. The van der Waals surface area contributed by atoms with E-state index in [0.29, 0.717) is 5.69 Å². The monoisotopic (exact) mass is 456 g/mol. The lowest BCUT2D eigenvalue weighted by atomic mass is 9.52. The third kappa shape index (κ3) is 2.93. The van der Waals surface area contributed by atoms with Gasteiger partial charge in [-0.2, -0.15) is 4.98 Å². The second-order valence-corrected chi connectivity index (χ2v) is 9.88. The number of benzene rings is 4. The van der Waals surface area contributed by atoms with Crippen LogP contribution in [0.25, 0.3) is 22.0 Å². The Balaban J connectivity index is 1.24. The van der Waals surface area contributed by atoms with E-state index >= 15 is 0 Å². The molecule has 0 saturated heterocycles. The Morgan fingerprint density at radius 1 is 0.857 bits per heavy atom. The Morgan fingerprint density at radius 2 is 1.49 bits per heavy atom. The van der Waals surface area contributed by atoms with E-state index in [-0.39, 0.29) is 23.8 Å². The number of nitrogens with zero attached hydrogens (tertiary/aromatic N) is 1. The molecular weight excluding hydrogens is 432 g/mol. The molecular formula is C31H24N2O2. The van der Waals surface area contributed by atoms with Gasteiger partial charge in [-0.25, -0.2) is 0 Å². The maximum absolute atomic E-state index is 13.8. The molecule has 1 unspecified atom stereocenters. The van der Waals surface area contributed by atoms with Crippen LogP contribution in [0.1, 0.15) is 47.4 Å². The largest absolute Gasteiger partial charge is 0.431 e. The summed E-state index contributed by atoms with van der Waals surface area (Å²) in [6.07, 6.45) is 2.38. The molecule has 5 aromatic rings. The molecule has 3 aliphatic rings. The Bertz CT molecular complexity index is 1560. The minimum absolute atomic E-state index is 0.00704. The van der Waals surface area contributed by atoms with Crippen molar-refractivity contribution in [3.8, 4) is 11.3 Å². The van der Waals surface area contributed by atoms with Crippen molar-refractivity contribution in [2.75, 3.05) is 5.32 Å². The number of rotatable bonds is 3. The number of carbonyl (C=O) groups is 1. The molecule has 1 N–H and O–H groups in total.